The minimum Gasteiger partial charge on any atom is -0.726 e. The van der Waals surface area contributed by atoms with Crippen LogP contribution in [-0.2, 0) is 14.6 Å². The molecule has 0 aromatic carbocycles. The Morgan fingerprint density at radius 2 is 1.60 bits per heavy atom. The molecule has 0 radical (unpaired) electrons. The van der Waals surface area contributed by atoms with Crippen molar-refractivity contribution in [1.29, 1.82) is 0 Å². The van der Waals surface area contributed by atoms with Crippen molar-refractivity contribution in [2.45, 2.75) is 39.0 Å². The fourth-order valence-corrected chi connectivity index (χ4v) is 4.30. The minimum absolute atomic E-state index is 0. The van der Waals surface area contributed by atoms with Crippen molar-refractivity contribution in [1.82, 2.24) is 0 Å². The van der Waals surface area contributed by atoms with E-state index in [1.54, 1.807) is 0 Å². The summed E-state index contributed by atoms with van der Waals surface area (Å²) in [6.45, 7) is 8.46. The Morgan fingerprint density at radius 1 is 1.20 bits per heavy atom. The van der Waals surface area contributed by atoms with Gasteiger partial charge in [-0.25, -0.2) is 8.42 Å². The van der Waals surface area contributed by atoms with E-state index in [9.17, 15) is 13.0 Å². The van der Waals surface area contributed by atoms with Gasteiger partial charge in [-0.2, -0.15) is 0 Å². The minimum atomic E-state index is -4.51. The summed E-state index contributed by atoms with van der Waals surface area (Å²) in [6, 6.07) is 0. The normalized spacial score (nSPS) is 12.3. The molecule has 0 heterocycles. The second-order valence-electron chi connectivity index (χ2n) is 3.66. The van der Waals surface area contributed by atoms with Crippen LogP contribution >= 0.6 is 7.92 Å². The first-order valence-corrected chi connectivity index (χ1v) is 7.60. The smallest absolute Gasteiger partial charge is 0.726 e. The van der Waals surface area contributed by atoms with Crippen molar-refractivity contribution in [3.8, 4) is 0 Å². The molecule has 0 spiro atoms. The number of hydrogen-bond acceptors (Lipinski definition) is 4. The molecule has 7 heteroatoms. The van der Waals surface area contributed by atoms with E-state index < -0.39 is 10.4 Å². The van der Waals surface area contributed by atoms with Crippen molar-refractivity contribution in [2.75, 3.05) is 12.8 Å². The summed E-state index contributed by atoms with van der Waals surface area (Å²) in [5.41, 5.74) is 1.06. The predicted molar refractivity (Wildman–Crippen MR) is 57.7 cm³/mol. The second-order valence-corrected chi connectivity index (χ2v) is 8.25. The van der Waals surface area contributed by atoms with Gasteiger partial charge in [0.25, 0.3) is 0 Å². The Hall–Kier alpha value is 0.897. The van der Waals surface area contributed by atoms with Gasteiger partial charge in [-0.1, -0.05) is 35.6 Å². The molecular weight excluding hydrogens is 230 g/mol. The molecule has 0 aliphatic carbocycles. The third-order valence-electron chi connectivity index (χ3n) is 1.90. The van der Waals surface area contributed by atoms with E-state index in [0.29, 0.717) is 17.5 Å². The van der Waals surface area contributed by atoms with E-state index >= 15 is 0 Å². The molecule has 0 saturated heterocycles. The first-order valence-electron chi connectivity index (χ1n) is 4.60. The van der Waals surface area contributed by atoms with Crippen LogP contribution in [0.25, 0.3) is 0 Å². The zero-order valence-electron chi connectivity index (χ0n) is 10.1. The molecule has 0 amide bonds. The average molecular weight is 248 g/mol. The third-order valence-corrected chi connectivity index (χ3v) is 5.71. The van der Waals surface area contributed by atoms with E-state index in [-0.39, 0.29) is 33.4 Å². The molecular formula is C8H18LiO4PS. The van der Waals surface area contributed by atoms with E-state index in [1.807, 2.05) is 0 Å². The molecule has 4 nitrogen and oxygen atoms in total. The van der Waals surface area contributed by atoms with Gasteiger partial charge in [-0.05, 0) is 17.5 Å². The van der Waals surface area contributed by atoms with E-state index in [1.165, 1.54) is 0 Å². The molecule has 15 heavy (non-hydrogen) atoms. The maximum absolute atomic E-state index is 10.2. The van der Waals surface area contributed by atoms with Gasteiger partial charge in [0.1, 0.15) is 0 Å². The van der Waals surface area contributed by atoms with E-state index in [4.69, 9.17) is 0 Å². The number of hydrogen-bond donors (Lipinski definition) is 0. The largest absolute Gasteiger partial charge is 1.00 e. The molecule has 0 bridgehead atoms. The Labute approximate surface area is 106 Å². The van der Waals surface area contributed by atoms with Crippen molar-refractivity contribution in [3.05, 3.63) is 0 Å². The molecule has 0 rings (SSSR count). The molecule has 0 aromatic rings. The van der Waals surface area contributed by atoms with Crippen LogP contribution in [0.3, 0.4) is 0 Å². The second kappa shape index (κ2) is 8.06. The maximum Gasteiger partial charge on any atom is 1.00 e. The van der Waals surface area contributed by atoms with E-state index in [2.05, 4.69) is 31.9 Å². The first kappa shape index (κ1) is 18.3. The Balaban J connectivity index is 0. The monoisotopic (exact) mass is 248 g/mol. The van der Waals surface area contributed by atoms with Crippen LogP contribution in [0.2, 0.25) is 0 Å². The molecule has 0 fully saturated rings. The van der Waals surface area contributed by atoms with Gasteiger partial charge in [0.15, 0.2) is 0 Å². The van der Waals surface area contributed by atoms with Crippen LogP contribution in [0.1, 0.15) is 27.7 Å². The van der Waals surface area contributed by atoms with Gasteiger partial charge in [0.2, 0.25) is 10.4 Å². The van der Waals surface area contributed by atoms with Gasteiger partial charge in [0, 0.05) is 0 Å². The average Bonchev–Trinajstić information content (AvgIpc) is 1.94. The van der Waals surface area contributed by atoms with Crippen LogP contribution in [0.15, 0.2) is 0 Å². The third kappa shape index (κ3) is 9.81. The van der Waals surface area contributed by atoms with Gasteiger partial charge >= 0.3 is 18.9 Å². The zero-order valence-corrected chi connectivity index (χ0v) is 11.8. The Morgan fingerprint density at radius 3 is 1.87 bits per heavy atom. The summed E-state index contributed by atoms with van der Waals surface area (Å²) in [5.74, 6) is 0. The van der Waals surface area contributed by atoms with Crippen LogP contribution in [0.5, 0.6) is 0 Å². The van der Waals surface area contributed by atoms with Crippen LogP contribution in [0, 0.1) is 0 Å². The topological polar surface area (TPSA) is 66.4 Å². The maximum atomic E-state index is 10.2. The fraction of sp³-hybridized carbons (Fsp3) is 1.00. The Kier molecular flexibility index (Phi) is 9.81. The van der Waals surface area contributed by atoms with Crippen molar-refractivity contribution in [3.63, 3.8) is 0 Å². The van der Waals surface area contributed by atoms with Crippen molar-refractivity contribution < 1.29 is 36.0 Å². The zero-order chi connectivity index (χ0) is 11.4. The summed E-state index contributed by atoms with van der Waals surface area (Å²) in [5, 5.41) is 0. The molecule has 0 atom stereocenters. The van der Waals surface area contributed by atoms with Gasteiger partial charge in [-0.3, -0.25) is 4.18 Å². The molecule has 0 aromatic heterocycles. The van der Waals surface area contributed by atoms with E-state index in [0.717, 1.165) is 0 Å². The standard InChI is InChI=1S/C8H19O4PS.Li/c1-7(2)13(8(3)4)6-5-12-14(9,10)11;/h7-8H,5-6H2,1-4H3,(H,9,10,11);/q;+1/p-1. The Bertz CT molecular complexity index is 245. The quantitative estimate of drug-likeness (QED) is 0.255. The summed E-state index contributed by atoms with van der Waals surface area (Å²) in [7, 11) is -4.77. The van der Waals surface area contributed by atoms with Gasteiger partial charge < -0.3 is 4.55 Å². The first-order chi connectivity index (χ1) is 6.24. The van der Waals surface area contributed by atoms with Gasteiger partial charge in [0.05, 0.1) is 6.61 Å². The molecule has 0 aliphatic heterocycles. The fourth-order valence-electron chi connectivity index (χ4n) is 1.36. The van der Waals surface area contributed by atoms with Crippen molar-refractivity contribution >= 4 is 18.3 Å². The molecule has 86 valence electrons. The molecule has 0 aliphatic rings. The molecule has 0 N–H and O–H groups in total. The summed E-state index contributed by atoms with van der Waals surface area (Å²) in [6.07, 6.45) is 0.673. The van der Waals surface area contributed by atoms with Crippen LogP contribution in [0.4, 0.5) is 0 Å². The molecule has 0 saturated carbocycles. The van der Waals surface area contributed by atoms with Crippen LogP contribution in [-0.4, -0.2) is 37.1 Å². The number of rotatable bonds is 6. The summed E-state index contributed by atoms with van der Waals surface area (Å²) < 4.78 is 34.7. The predicted octanol–water partition coefficient (Wildman–Crippen LogP) is -1.23. The van der Waals surface area contributed by atoms with Crippen LogP contribution < -0.4 is 18.9 Å². The summed E-state index contributed by atoms with van der Waals surface area (Å²) >= 11 is 0. The SMILES string of the molecule is CC(C)P(CCOS(=O)(=O)[O-])C(C)C.[Li+]. The summed E-state index contributed by atoms with van der Waals surface area (Å²) in [4.78, 5) is 0. The molecule has 0 unspecified atom stereocenters. The van der Waals surface area contributed by atoms with Crippen molar-refractivity contribution in [2.24, 2.45) is 0 Å². The van der Waals surface area contributed by atoms with Gasteiger partial charge in [-0.15, -0.1) is 0 Å².